The third kappa shape index (κ3) is 3.81. The number of carbonyl (C=O) groups excluding carboxylic acids is 1. The molecule has 0 spiro atoms. The van der Waals surface area contributed by atoms with Crippen LogP contribution >= 0.6 is 0 Å². The summed E-state index contributed by atoms with van der Waals surface area (Å²) in [6, 6.07) is 13.5. The van der Waals surface area contributed by atoms with E-state index < -0.39 is 0 Å². The number of carbonyl (C=O) groups is 1. The molecular formula is C22H23N3O4. The Morgan fingerprint density at radius 2 is 1.79 bits per heavy atom. The summed E-state index contributed by atoms with van der Waals surface area (Å²) < 4.78 is 16.1. The van der Waals surface area contributed by atoms with Gasteiger partial charge in [-0.2, -0.15) is 4.98 Å². The summed E-state index contributed by atoms with van der Waals surface area (Å²) in [5.41, 5.74) is 2.88. The minimum Gasteiger partial charge on any atom is -0.497 e. The number of hydrogen-bond donors (Lipinski definition) is 0. The zero-order valence-electron chi connectivity index (χ0n) is 16.7. The lowest BCUT2D eigenvalue weighted by atomic mass is 10.1. The molecule has 4 rings (SSSR count). The molecule has 1 atom stereocenters. The highest BCUT2D eigenvalue weighted by molar-refractivity contribution is 5.96. The highest BCUT2D eigenvalue weighted by Crippen LogP contribution is 2.35. The number of methoxy groups -OCH3 is 2. The van der Waals surface area contributed by atoms with Crippen LogP contribution in [0.25, 0.3) is 11.4 Å². The van der Waals surface area contributed by atoms with Gasteiger partial charge in [0, 0.05) is 36.7 Å². The van der Waals surface area contributed by atoms with Gasteiger partial charge in [0.1, 0.15) is 11.5 Å². The maximum Gasteiger partial charge on any atom is 0.232 e. The topological polar surface area (TPSA) is 77.7 Å². The number of rotatable bonds is 6. The fourth-order valence-electron chi connectivity index (χ4n) is 3.48. The molecule has 0 N–H and O–H groups in total. The Balaban J connectivity index is 1.55. The third-order valence-corrected chi connectivity index (χ3v) is 5.18. The Morgan fingerprint density at radius 3 is 2.41 bits per heavy atom. The summed E-state index contributed by atoms with van der Waals surface area (Å²) in [7, 11) is 3.17. The lowest BCUT2D eigenvalue weighted by molar-refractivity contribution is -0.117. The maximum atomic E-state index is 12.7. The second-order valence-electron chi connectivity index (χ2n) is 6.98. The van der Waals surface area contributed by atoms with E-state index in [0.717, 1.165) is 17.7 Å². The van der Waals surface area contributed by atoms with Crippen LogP contribution in [0.3, 0.4) is 0 Å². The van der Waals surface area contributed by atoms with Crippen LogP contribution in [-0.4, -0.2) is 36.8 Å². The van der Waals surface area contributed by atoms with Crippen LogP contribution in [0, 0.1) is 0 Å². The first-order valence-corrected chi connectivity index (χ1v) is 9.57. The molecule has 1 saturated heterocycles. The molecular weight excluding hydrogens is 370 g/mol. The van der Waals surface area contributed by atoms with Crippen molar-refractivity contribution in [3.8, 4) is 22.9 Å². The van der Waals surface area contributed by atoms with Crippen LogP contribution in [0.15, 0.2) is 47.0 Å². The van der Waals surface area contributed by atoms with Crippen molar-refractivity contribution in [2.24, 2.45) is 0 Å². The van der Waals surface area contributed by atoms with Crippen LogP contribution in [0.2, 0.25) is 0 Å². The molecule has 0 aliphatic carbocycles. The molecule has 0 saturated carbocycles. The molecule has 1 aromatic heterocycles. The summed E-state index contributed by atoms with van der Waals surface area (Å²) in [6.07, 6.45) is 1.29. The van der Waals surface area contributed by atoms with E-state index >= 15 is 0 Å². The Labute approximate surface area is 169 Å². The van der Waals surface area contributed by atoms with Gasteiger partial charge in [-0.1, -0.05) is 36.3 Å². The van der Waals surface area contributed by atoms with Crippen molar-refractivity contribution in [2.45, 2.75) is 25.7 Å². The molecule has 1 amide bonds. The molecule has 7 nitrogen and oxygen atoms in total. The van der Waals surface area contributed by atoms with Crippen molar-refractivity contribution >= 4 is 11.6 Å². The van der Waals surface area contributed by atoms with E-state index in [2.05, 4.69) is 29.2 Å². The normalized spacial score (nSPS) is 16.3. The molecule has 2 aromatic carbocycles. The Bertz CT molecular complexity index is 991. The smallest absolute Gasteiger partial charge is 0.232 e. The molecule has 1 fully saturated rings. The Kier molecular flexibility index (Phi) is 5.20. The second kappa shape index (κ2) is 7.95. The minimum absolute atomic E-state index is 0.00245. The van der Waals surface area contributed by atoms with Gasteiger partial charge in [0.2, 0.25) is 17.6 Å². The zero-order chi connectivity index (χ0) is 20.4. The predicted molar refractivity (Wildman–Crippen MR) is 108 cm³/mol. The van der Waals surface area contributed by atoms with E-state index in [4.69, 9.17) is 14.0 Å². The highest BCUT2D eigenvalue weighted by Gasteiger charge is 2.35. The van der Waals surface area contributed by atoms with Crippen LogP contribution in [0.4, 0.5) is 5.69 Å². The molecule has 1 aliphatic heterocycles. The van der Waals surface area contributed by atoms with Gasteiger partial charge in [-0.3, -0.25) is 4.79 Å². The van der Waals surface area contributed by atoms with Gasteiger partial charge in [-0.05, 0) is 12.0 Å². The van der Waals surface area contributed by atoms with Crippen LogP contribution in [0.5, 0.6) is 11.5 Å². The lowest BCUT2D eigenvalue weighted by Crippen LogP contribution is -2.24. The van der Waals surface area contributed by atoms with E-state index in [9.17, 15) is 4.79 Å². The quantitative estimate of drug-likeness (QED) is 0.633. The second-order valence-corrected chi connectivity index (χ2v) is 6.98. The molecule has 3 aromatic rings. The number of aromatic nitrogens is 2. The molecule has 0 radical (unpaired) electrons. The summed E-state index contributed by atoms with van der Waals surface area (Å²) in [4.78, 5) is 18.9. The van der Waals surface area contributed by atoms with Crippen molar-refractivity contribution in [2.75, 3.05) is 25.7 Å². The van der Waals surface area contributed by atoms with E-state index in [1.165, 1.54) is 5.56 Å². The van der Waals surface area contributed by atoms with Crippen LogP contribution in [0.1, 0.15) is 30.7 Å². The number of benzene rings is 2. The number of anilines is 1. The van der Waals surface area contributed by atoms with E-state index in [0.29, 0.717) is 36.2 Å². The molecule has 7 heteroatoms. The summed E-state index contributed by atoms with van der Waals surface area (Å²) >= 11 is 0. The van der Waals surface area contributed by atoms with Crippen molar-refractivity contribution in [1.82, 2.24) is 10.1 Å². The van der Waals surface area contributed by atoms with Gasteiger partial charge in [-0.15, -0.1) is 0 Å². The largest absolute Gasteiger partial charge is 0.497 e. The average Bonchev–Trinajstić information content (AvgIpc) is 3.40. The van der Waals surface area contributed by atoms with Gasteiger partial charge in [0.15, 0.2) is 0 Å². The van der Waals surface area contributed by atoms with E-state index in [1.807, 2.05) is 24.3 Å². The summed E-state index contributed by atoms with van der Waals surface area (Å²) in [5.74, 6) is 2.12. The minimum atomic E-state index is -0.157. The third-order valence-electron chi connectivity index (χ3n) is 5.18. The monoisotopic (exact) mass is 393 g/mol. The molecule has 0 bridgehead atoms. The fourth-order valence-corrected chi connectivity index (χ4v) is 3.48. The molecule has 1 unspecified atom stereocenters. The first-order chi connectivity index (χ1) is 14.1. The van der Waals surface area contributed by atoms with Crippen molar-refractivity contribution < 1.29 is 18.8 Å². The average molecular weight is 393 g/mol. The summed E-state index contributed by atoms with van der Waals surface area (Å²) in [5, 5.41) is 4.11. The number of amides is 1. The van der Waals surface area contributed by atoms with Crippen molar-refractivity contribution in [3.63, 3.8) is 0 Å². The van der Waals surface area contributed by atoms with Crippen LogP contribution < -0.4 is 14.4 Å². The zero-order valence-corrected chi connectivity index (χ0v) is 16.7. The Morgan fingerprint density at radius 1 is 1.10 bits per heavy atom. The van der Waals surface area contributed by atoms with E-state index in [-0.39, 0.29) is 11.8 Å². The van der Waals surface area contributed by atoms with E-state index in [1.54, 1.807) is 25.2 Å². The number of aryl methyl sites for hydroxylation is 1. The molecule has 1 aliphatic rings. The fraction of sp³-hybridized carbons (Fsp3) is 0.318. The first-order valence-electron chi connectivity index (χ1n) is 9.57. The number of hydrogen-bond acceptors (Lipinski definition) is 6. The standard InChI is InChI=1S/C22H23N3O4/c1-4-14-5-7-15(8-6-14)21-23-22(29-24-21)16-9-20(26)25(13-16)17-10-18(27-2)12-19(11-17)28-3/h5-8,10-12,16H,4,9,13H2,1-3H3. The number of ether oxygens (including phenoxy) is 2. The predicted octanol–water partition coefficient (Wildman–Crippen LogP) is 3.84. The maximum absolute atomic E-state index is 12.7. The van der Waals surface area contributed by atoms with Gasteiger partial charge < -0.3 is 18.9 Å². The van der Waals surface area contributed by atoms with Gasteiger partial charge in [0.25, 0.3) is 0 Å². The first kappa shape index (κ1) is 19.0. The SMILES string of the molecule is CCc1ccc(-c2noc(C3CC(=O)N(c4cc(OC)cc(OC)c4)C3)n2)cc1. The van der Waals surface area contributed by atoms with Crippen molar-refractivity contribution in [1.29, 1.82) is 0 Å². The Hall–Kier alpha value is -3.35. The van der Waals surface area contributed by atoms with Gasteiger partial charge >= 0.3 is 0 Å². The van der Waals surface area contributed by atoms with Crippen LogP contribution in [-0.2, 0) is 11.2 Å². The van der Waals surface area contributed by atoms with Gasteiger partial charge in [0.05, 0.1) is 25.8 Å². The molecule has 29 heavy (non-hydrogen) atoms. The lowest BCUT2D eigenvalue weighted by Gasteiger charge is -2.18. The summed E-state index contributed by atoms with van der Waals surface area (Å²) in [6.45, 7) is 2.58. The number of nitrogens with zero attached hydrogens (tertiary/aromatic N) is 3. The molecule has 150 valence electrons. The van der Waals surface area contributed by atoms with Gasteiger partial charge in [-0.25, -0.2) is 0 Å². The van der Waals surface area contributed by atoms with Crippen molar-refractivity contribution in [3.05, 3.63) is 53.9 Å². The molecule has 2 heterocycles. The highest BCUT2D eigenvalue weighted by atomic mass is 16.5.